The molecule has 3 atom stereocenters. The molecule has 0 aromatic rings. The van der Waals surface area contributed by atoms with Gasteiger partial charge < -0.3 is 5.73 Å². The first-order chi connectivity index (χ1) is 6.33. The standard InChI is InChI=1S/C10H18N2S/c11-10(7-1-2-7)5-12-4-9-3-8(12)6-13-9/h7-10H,1-6,11H2. The third-order valence-electron chi connectivity index (χ3n) is 3.69. The fourth-order valence-corrected chi connectivity index (χ4v) is 4.14. The van der Waals surface area contributed by atoms with Crippen LogP contribution in [0.1, 0.15) is 19.3 Å². The summed E-state index contributed by atoms with van der Waals surface area (Å²) in [5.41, 5.74) is 6.14. The maximum Gasteiger partial charge on any atom is 0.0198 e. The third kappa shape index (κ3) is 1.62. The summed E-state index contributed by atoms with van der Waals surface area (Å²) in [6.07, 6.45) is 4.21. The van der Waals surface area contributed by atoms with Crippen LogP contribution < -0.4 is 5.73 Å². The zero-order valence-electron chi connectivity index (χ0n) is 7.98. The molecule has 0 amide bonds. The quantitative estimate of drug-likeness (QED) is 0.731. The molecule has 13 heavy (non-hydrogen) atoms. The van der Waals surface area contributed by atoms with Gasteiger partial charge in [-0.15, -0.1) is 0 Å². The monoisotopic (exact) mass is 198 g/mol. The first kappa shape index (κ1) is 8.57. The Balaban J connectivity index is 1.55. The van der Waals surface area contributed by atoms with Crippen LogP contribution in [-0.4, -0.2) is 41.1 Å². The molecule has 0 aromatic heterocycles. The summed E-state index contributed by atoms with van der Waals surface area (Å²) in [6, 6.07) is 1.35. The van der Waals surface area contributed by atoms with Gasteiger partial charge in [-0.2, -0.15) is 11.8 Å². The van der Waals surface area contributed by atoms with Crippen LogP contribution in [0.2, 0.25) is 0 Å². The Kier molecular flexibility index (Phi) is 2.07. The van der Waals surface area contributed by atoms with Crippen LogP contribution in [0.3, 0.4) is 0 Å². The lowest BCUT2D eigenvalue weighted by Gasteiger charge is -2.28. The van der Waals surface area contributed by atoms with Crippen molar-refractivity contribution in [3.63, 3.8) is 0 Å². The van der Waals surface area contributed by atoms with E-state index < -0.39 is 0 Å². The molecule has 2 saturated heterocycles. The molecule has 3 aliphatic rings. The minimum Gasteiger partial charge on any atom is -0.326 e. The van der Waals surface area contributed by atoms with E-state index in [4.69, 9.17) is 5.73 Å². The van der Waals surface area contributed by atoms with Crippen molar-refractivity contribution in [1.29, 1.82) is 0 Å². The smallest absolute Gasteiger partial charge is 0.0198 e. The summed E-state index contributed by atoms with van der Waals surface area (Å²) in [5.74, 6) is 2.23. The van der Waals surface area contributed by atoms with Crippen LogP contribution >= 0.6 is 11.8 Å². The van der Waals surface area contributed by atoms with Gasteiger partial charge in [0, 0.05) is 36.2 Å². The van der Waals surface area contributed by atoms with Crippen molar-refractivity contribution in [3.05, 3.63) is 0 Å². The summed E-state index contributed by atoms with van der Waals surface area (Å²) in [6.45, 7) is 2.49. The van der Waals surface area contributed by atoms with Crippen molar-refractivity contribution >= 4 is 11.8 Å². The third-order valence-corrected chi connectivity index (χ3v) is 5.08. The first-order valence-corrected chi connectivity index (χ1v) is 6.49. The molecule has 1 aliphatic carbocycles. The van der Waals surface area contributed by atoms with Gasteiger partial charge in [0.25, 0.3) is 0 Å². The van der Waals surface area contributed by atoms with Crippen LogP contribution in [0.5, 0.6) is 0 Å². The summed E-state index contributed by atoms with van der Waals surface area (Å²) in [7, 11) is 0. The van der Waals surface area contributed by atoms with E-state index in [-0.39, 0.29) is 0 Å². The zero-order chi connectivity index (χ0) is 8.84. The van der Waals surface area contributed by atoms with Gasteiger partial charge in [-0.1, -0.05) is 0 Å². The number of thioether (sulfide) groups is 1. The maximum absolute atomic E-state index is 6.14. The number of hydrogen-bond acceptors (Lipinski definition) is 3. The number of hydrogen-bond donors (Lipinski definition) is 1. The van der Waals surface area contributed by atoms with Crippen molar-refractivity contribution in [2.24, 2.45) is 11.7 Å². The second kappa shape index (κ2) is 3.14. The molecule has 74 valence electrons. The lowest BCUT2D eigenvalue weighted by molar-refractivity contribution is 0.244. The van der Waals surface area contributed by atoms with Crippen molar-refractivity contribution < 1.29 is 0 Å². The van der Waals surface area contributed by atoms with Gasteiger partial charge in [-0.25, -0.2) is 0 Å². The van der Waals surface area contributed by atoms with Gasteiger partial charge in [0.05, 0.1) is 0 Å². The van der Waals surface area contributed by atoms with E-state index in [1.165, 1.54) is 38.1 Å². The SMILES string of the molecule is NC(CN1CC2CC1CS2)C1CC1. The van der Waals surface area contributed by atoms with E-state index >= 15 is 0 Å². The van der Waals surface area contributed by atoms with Gasteiger partial charge in [-0.3, -0.25) is 4.90 Å². The van der Waals surface area contributed by atoms with Crippen molar-refractivity contribution in [1.82, 2.24) is 4.90 Å². The second-order valence-electron chi connectivity index (χ2n) is 4.80. The molecule has 2 N–H and O–H groups in total. The molecule has 3 unspecified atom stereocenters. The van der Waals surface area contributed by atoms with Gasteiger partial charge >= 0.3 is 0 Å². The predicted octanol–water partition coefficient (Wildman–Crippen LogP) is 0.913. The highest BCUT2D eigenvalue weighted by molar-refractivity contribution is 8.00. The van der Waals surface area contributed by atoms with E-state index in [0.29, 0.717) is 6.04 Å². The normalized spacial score (nSPS) is 41.3. The van der Waals surface area contributed by atoms with Gasteiger partial charge in [0.15, 0.2) is 0 Å². The number of fused-ring (bicyclic) bond motifs is 2. The molecule has 2 heterocycles. The topological polar surface area (TPSA) is 29.3 Å². The maximum atomic E-state index is 6.14. The van der Waals surface area contributed by atoms with Crippen LogP contribution in [0, 0.1) is 5.92 Å². The fraction of sp³-hybridized carbons (Fsp3) is 1.00. The Labute approximate surface area is 84.2 Å². The summed E-state index contributed by atoms with van der Waals surface area (Å²) >= 11 is 2.16. The molecule has 0 spiro atoms. The average molecular weight is 198 g/mol. The second-order valence-corrected chi connectivity index (χ2v) is 6.13. The Morgan fingerprint density at radius 3 is 2.85 bits per heavy atom. The fourth-order valence-electron chi connectivity index (χ4n) is 2.65. The number of nitrogens with two attached hydrogens (primary N) is 1. The number of rotatable bonds is 3. The van der Waals surface area contributed by atoms with E-state index in [9.17, 15) is 0 Å². The van der Waals surface area contributed by atoms with Crippen molar-refractivity contribution in [2.75, 3.05) is 18.8 Å². The minimum absolute atomic E-state index is 0.476. The Bertz CT molecular complexity index is 205. The molecule has 0 aromatic carbocycles. The largest absolute Gasteiger partial charge is 0.326 e. The molecular formula is C10H18N2S. The predicted molar refractivity (Wildman–Crippen MR) is 56.9 cm³/mol. The van der Waals surface area contributed by atoms with Crippen LogP contribution in [0.15, 0.2) is 0 Å². The Hall–Kier alpha value is 0.270. The first-order valence-electron chi connectivity index (χ1n) is 5.44. The van der Waals surface area contributed by atoms with Gasteiger partial charge in [0.1, 0.15) is 0 Å². The lowest BCUT2D eigenvalue weighted by atomic mass is 10.2. The minimum atomic E-state index is 0.476. The highest BCUT2D eigenvalue weighted by Gasteiger charge is 2.40. The van der Waals surface area contributed by atoms with E-state index in [1.54, 1.807) is 0 Å². The zero-order valence-corrected chi connectivity index (χ0v) is 8.80. The summed E-state index contributed by atoms with van der Waals surface area (Å²) in [4.78, 5) is 2.64. The molecule has 0 radical (unpaired) electrons. The highest BCUT2D eigenvalue weighted by Crippen LogP contribution is 2.39. The lowest BCUT2D eigenvalue weighted by Crippen LogP contribution is -2.43. The molecule has 2 bridgehead atoms. The van der Waals surface area contributed by atoms with Crippen molar-refractivity contribution in [3.8, 4) is 0 Å². The van der Waals surface area contributed by atoms with E-state index in [1.807, 2.05) is 0 Å². The molecule has 3 fully saturated rings. The van der Waals surface area contributed by atoms with E-state index in [2.05, 4.69) is 16.7 Å². The summed E-state index contributed by atoms with van der Waals surface area (Å²) in [5, 5.41) is 0.941. The Morgan fingerprint density at radius 2 is 2.31 bits per heavy atom. The molecule has 1 saturated carbocycles. The van der Waals surface area contributed by atoms with Crippen LogP contribution in [0.4, 0.5) is 0 Å². The average Bonchev–Trinajstić information content (AvgIpc) is 2.79. The van der Waals surface area contributed by atoms with E-state index in [0.717, 1.165) is 17.2 Å². The summed E-state index contributed by atoms with van der Waals surface area (Å²) < 4.78 is 0. The van der Waals surface area contributed by atoms with Gasteiger partial charge in [-0.05, 0) is 25.2 Å². The number of likely N-dealkylation sites (tertiary alicyclic amines) is 1. The Morgan fingerprint density at radius 1 is 1.46 bits per heavy atom. The molecule has 3 rings (SSSR count). The van der Waals surface area contributed by atoms with Crippen LogP contribution in [-0.2, 0) is 0 Å². The molecule has 2 nitrogen and oxygen atoms in total. The molecule has 3 heteroatoms. The molecule has 2 aliphatic heterocycles. The molecular weight excluding hydrogens is 180 g/mol. The van der Waals surface area contributed by atoms with Gasteiger partial charge in [0.2, 0.25) is 0 Å². The van der Waals surface area contributed by atoms with Crippen LogP contribution in [0.25, 0.3) is 0 Å². The highest BCUT2D eigenvalue weighted by atomic mass is 32.2. The van der Waals surface area contributed by atoms with Crippen molar-refractivity contribution in [2.45, 2.75) is 36.6 Å². The number of nitrogens with zero attached hydrogens (tertiary/aromatic N) is 1.